The van der Waals surface area contributed by atoms with Crippen molar-refractivity contribution in [2.45, 2.75) is 52.9 Å². The summed E-state index contributed by atoms with van der Waals surface area (Å²) < 4.78 is 0. The predicted octanol–water partition coefficient (Wildman–Crippen LogP) is 2.81. The Morgan fingerprint density at radius 3 is 2.44 bits per heavy atom. The number of unbranched alkanes of at least 4 members (excludes halogenated alkanes) is 3. The van der Waals surface area contributed by atoms with Crippen molar-refractivity contribution in [3.05, 3.63) is 32.7 Å². The molecule has 1 aromatic heterocycles. The van der Waals surface area contributed by atoms with Crippen LogP contribution >= 0.6 is 0 Å². The van der Waals surface area contributed by atoms with Crippen molar-refractivity contribution in [3.63, 3.8) is 0 Å². The fourth-order valence-electron chi connectivity index (χ4n) is 2.27. The molecule has 0 amide bonds. The molecule has 0 unspecified atom stereocenters. The minimum atomic E-state index is -1.15. The third-order valence-electron chi connectivity index (χ3n) is 3.30. The van der Waals surface area contributed by atoms with E-state index in [-0.39, 0.29) is 5.56 Å². The number of aromatic nitrogens is 1. The van der Waals surface area contributed by atoms with Gasteiger partial charge in [0.05, 0.1) is 0 Å². The van der Waals surface area contributed by atoms with Crippen LogP contribution in [-0.4, -0.2) is 16.1 Å². The third kappa shape index (κ3) is 3.22. The van der Waals surface area contributed by atoms with Gasteiger partial charge in [0.1, 0.15) is 5.56 Å². The fraction of sp³-hybridized carbons (Fsp3) is 0.571. The van der Waals surface area contributed by atoms with Crippen LogP contribution in [0.15, 0.2) is 4.79 Å². The Bertz CT molecular complexity index is 489. The van der Waals surface area contributed by atoms with E-state index < -0.39 is 11.5 Å². The lowest BCUT2D eigenvalue weighted by Crippen LogP contribution is -2.22. The Morgan fingerprint density at radius 1 is 1.22 bits per heavy atom. The molecule has 1 rings (SSSR count). The molecule has 0 atom stereocenters. The number of aromatic carboxylic acids is 1. The molecule has 0 spiro atoms. The normalized spacial score (nSPS) is 10.6. The molecule has 0 radical (unpaired) electrons. The van der Waals surface area contributed by atoms with E-state index in [1.165, 1.54) is 12.8 Å². The van der Waals surface area contributed by atoms with Gasteiger partial charge in [-0.15, -0.1) is 0 Å². The van der Waals surface area contributed by atoms with Crippen molar-refractivity contribution in [3.8, 4) is 0 Å². The standard InChI is InChI=1S/C14H21NO3/c1-4-5-6-7-8-11-9(2)12(14(17)18)13(16)15-10(11)3/h4-8H2,1-3H3,(H,15,16)(H,17,18). The minimum Gasteiger partial charge on any atom is -0.477 e. The molecule has 2 N–H and O–H groups in total. The Hall–Kier alpha value is -1.58. The smallest absolute Gasteiger partial charge is 0.341 e. The maximum Gasteiger partial charge on any atom is 0.341 e. The van der Waals surface area contributed by atoms with Gasteiger partial charge in [0, 0.05) is 5.69 Å². The van der Waals surface area contributed by atoms with Gasteiger partial charge >= 0.3 is 5.97 Å². The number of nitrogens with one attached hydrogen (secondary N) is 1. The molecule has 0 saturated carbocycles. The van der Waals surface area contributed by atoms with E-state index in [2.05, 4.69) is 11.9 Å². The van der Waals surface area contributed by atoms with Gasteiger partial charge in [-0.3, -0.25) is 4.79 Å². The lowest BCUT2D eigenvalue weighted by Gasteiger charge is -2.11. The van der Waals surface area contributed by atoms with Crippen LogP contribution in [0.25, 0.3) is 0 Å². The molecular formula is C14H21NO3. The first-order chi connectivity index (χ1) is 8.49. The van der Waals surface area contributed by atoms with E-state index in [1.807, 2.05) is 6.92 Å². The summed E-state index contributed by atoms with van der Waals surface area (Å²) in [6.45, 7) is 5.70. The molecule has 0 saturated heterocycles. The summed E-state index contributed by atoms with van der Waals surface area (Å²) in [5.41, 5.74) is 1.75. The number of aromatic amines is 1. The van der Waals surface area contributed by atoms with Crippen LogP contribution in [0.4, 0.5) is 0 Å². The van der Waals surface area contributed by atoms with Crippen LogP contribution in [0, 0.1) is 13.8 Å². The van der Waals surface area contributed by atoms with Crippen molar-refractivity contribution in [1.29, 1.82) is 0 Å². The van der Waals surface area contributed by atoms with Crippen LogP contribution in [0.3, 0.4) is 0 Å². The quantitative estimate of drug-likeness (QED) is 0.764. The van der Waals surface area contributed by atoms with E-state index in [4.69, 9.17) is 5.11 Å². The molecule has 4 nitrogen and oxygen atoms in total. The van der Waals surface area contributed by atoms with E-state index in [9.17, 15) is 9.59 Å². The number of hydrogen-bond acceptors (Lipinski definition) is 2. The van der Waals surface area contributed by atoms with Crippen LogP contribution in [0.1, 0.15) is 59.8 Å². The molecule has 0 bridgehead atoms. The largest absolute Gasteiger partial charge is 0.477 e. The van der Waals surface area contributed by atoms with Crippen LogP contribution < -0.4 is 5.56 Å². The Kier molecular flexibility index (Phi) is 5.13. The van der Waals surface area contributed by atoms with Crippen molar-refractivity contribution >= 4 is 5.97 Å². The monoisotopic (exact) mass is 251 g/mol. The van der Waals surface area contributed by atoms with Gasteiger partial charge in [0.25, 0.3) is 5.56 Å². The van der Waals surface area contributed by atoms with Crippen molar-refractivity contribution in [1.82, 2.24) is 4.98 Å². The number of aryl methyl sites for hydroxylation is 1. The number of H-pyrrole nitrogens is 1. The van der Waals surface area contributed by atoms with Gasteiger partial charge in [-0.05, 0) is 37.8 Å². The Balaban J connectivity index is 3.01. The molecule has 4 heteroatoms. The molecule has 0 aromatic carbocycles. The number of rotatable bonds is 6. The summed E-state index contributed by atoms with van der Waals surface area (Å²) in [5.74, 6) is -1.15. The molecule has 100 valence electrons. The molecule has 1 aromatic rings. The van der Waals surface area contributed by atoms with Gasteiger partial charge in [-0.2, -0.15) is 0 Å². The highest BCUT2D eigenvalue weighted by atomic mass is 16.4. The number of hydrogen-bond donors (Lipinski definition) is 2. The summed E-state index contributed by atoms with van der Waals surface area (Å²) in [5, 5.41) is 9.05. The topological polar surface area (TPSA) is 70.2 Å². The Morgan fingerprint density at radius 2 is 1.89 bits per heavy atom. The van der Waals surface area contributed by atoms with Crippen LogP contribution in [-0.2, 0) is 6.42 Å². The maximum atomic E-state index is 11.6. The molecule has 1 heterocycles. The van der Waals surface area contributed by atoms with Crippen LogP contribution in [0.2, 0.25) is 0 Å². The van der Waals surface area contributed by atoms with Gasteiger partial charge in [0.2, 0.25) is 0 Å². The first kappa shape index (κ1) is 14.5. The molecule has 0 fully saturated rings. The highest BCUT2D eigenvalue weighted by molar-refractivity contribution is 5.89. The SMILES string of the molecule is CCCCCCc1c(C)[nH]c(=O)c(C(=O)O)c1C. The fourth-order valence-corrected chi connectivity index (χ4v) is 2.27. The number of carbonyl (C=O) groups is 1. The molecule has 18 heavy (non-hydrogen) atoms. The lowest BCUT2D eigenvalue weighted by atomic mass is 9.97. The first-order valence-electron chi connectivity index (χ1n) is 6.44. The average molecular weight is 251 g/mol. The van der Waals surface area contributed by atoms with Crippen molar-refractivity contribution in [2.24, 2.45) is 0 Å². The van der Waals surface area contributed by atoms with Crippen molar-refractivity contribution < 1.29 is 9.90 Å². The van der Waals surface area contributed by atoms with Crippen molar-refractivity contribution in [2.75, 3.05) is 0 Å². The third-order valence-corrected chi connectivity index (χ3v) is 3.30. The summed E-state index contributed by atoms with van der Waals surface area (Å²) in [4.78, 5) is 25.3. The molecule has 0 aliphatic rings. The summed E-state index contributed by atoms with van der Waals surface area (Å²) in [6, 6.07) is 0. The second kappa shape index (κ2) is 6.38. The van der Waals surface area contributed by atoms with E-state index >= 15 is 0 Å². The zero-order valence-electron chi connectivity index (χ0n) is 11.3. The average Bonchev–Trinajstić information content (AvgIpc) is 2.26. The van der Waals surface area contributed by atoms with E-state index in [0.29, 0.717) is 5.56 Å². The van der Waals surface area contributed by atoms with Gasteiger partial charge in [0.15, 0.2) is 0 Å². The Labute approximate surface area is 107 Å². The molecule has 0 aliphatic carbocycles. The van der Waals surface area contributed by atoms with E-state index in [1.54, 1.807) is 6.92 Å². The first-order valence-corrected chi connectivity index (χ1v) is 6.44. The van der Waals surface area contributed by atoms with Crippen LogP contribution in [0.5, 0.6) is 0 Å². The van der Waals surface area contributed by atoms with Gasteiger partial charge < -0.3 is 10.1 Å². The van der Waals surface area contributed by atoms with Gasteiger partial charge in [-0.25, -0.2) is 4.79 Å². The second-order valence-electron chi connectivity index (χ2n) is 4.67. The summed E-state index contributed by atoms with van der Waals surface area (Å²) in [6.07, 6.45) is 5.35. The highest BCUT2D eigenvalue weighted by Gasteiger charge is 2.17. The molecule has 0 aliphatic heterocycles. The highest BCUT2D eigenvalue weighted by Crippen LogP contribution is 2.17. The summed E-state index contributed by atoms with van der Waals surface area (Å²) >= 11 is 0. The number of carboxylic acid groups (broad SMARTS) is 1. The minimum absolute atomic E-state index is 0.119. The maximum absolute atomic E-state index is 11.6. The number of pyridine rings is 1. The van der Waals surface area contributed by atoms with Gasteiger partial charge in [-0.1, -0.05) is 26.2 Å². The number of carboxylic acids is 1. The zero-order chi connectivity index (χ0) is 13.7. The lowest BCUT2D eigenvalue weighted by molar-refractivity contribution is 0.0694. The molecular weight excluding hydrogens is 230 g/mol. The van der Waals surface area contributed by atoms with E-state index in [0.717, 1.165) is 30.5 Å². The zero-order valence-corrected chi connectivity index (χ0v) is 11.3. The summed E-state index contributed by atoms with van der Waals surface area (Å²) in [7, 11) is 0. The predicted molar refractivity (Wildman–Crippen MR) is 71.3 cm³/mol. The second-order valence-corrected chi connectivity index (χ2v) is 4.67.